The first-order valence-electron chi connectivity index (χ1n) is 4.76. The number of nitrogens with zero attached hydrogens (tertiary/aromatic N) is 1. The van der Waals surface area contributed by atoms with Crippen molar-refractivity contribution < 1.29 is 10.2 Å². The van der Waals surface area contributed by atoms with Crippen LogP contribution in [0.1, 0.15) is 23.7 Å². The third-order valence-corrected chi connectivity index (χ3v) is 2.74. The fourth-order valence-electron chi connectivity index (χ4n) is 1.38. The molecule has 2 atom stereocenters. The van der Waals surface area contributed by atoms with Gasteiger partial charge in [-0.1, -0.05) is 17.7 Å². The quantitative estimate of drug-likeness (QED) is 0.722. The summed E-state index contributed by atoms with van der Waals surface area (Å²) in [5.74, 6) is 0.466. The summed E-state index contributed by atoms with van der Waals surface area (Å²) in [5.41, 5.74) is 0.666. The number of thiol groups is 1. The number of rotatable bonds is 4. The zero-order valence-corrected chi connectivity index (χ0v) is 10.1. The molecule has 0 amide bonds. The number of benzene rings is 1. The molecule has 0 radical (unpaired) electrons. The van der Waals surface area contributed by atoms with Crippen LogP contribution in [0.4, 0.5) is 0 Å². The van der Waals surface area contributed by atoms with Crippen molar-refractivity contribution in [2.45, 2.75) is 18.6 Å². The van der Waals surface area contributed by atoms with Gasteiger partial charge in [0.05, 0.1) is 17.7 Å². The van der Waals surface area contributed by atoms with Crippen LogP contribution in [-0.2, 0) is 0 Å². The maximum Gasteiger partial charge on any atom is 0.106 e. The van der Waals surface area contributed by atoms with Crippen LogP contribution in [0.5, 0.6) is 0 Å². The number of aliphatic hydroxyl groups is 2. The van der Waals surface area contributed by atoms with Crippen molar-refractivity contribution in [3.05, 3.63) is 34.3 Å². The van der Waals surface area contributed by atoms with Gasteiger partial charge in [0.25, 0.3) is 0 Å². The molecule has 1 rings (SSSR count). The summed E-state index contributed by atoms with van der Waals surface area (Å²) >= 11 is 9.71. The van der Waals surface area contributed by atoms with Crippen LogP contribution >= 0.6 is 24.2 Å². The summed E-state index contributed by atoms with van der Waals surface area (Å²) in [7, 11) is 0. The lowest BCUT2D eigenvalue weighted by atomic mass is 9.98. The van der Waals surface area contributed by atoms with E-state index in [-0.39, 0.29) is 5.56 Å². The predicted octanol–water partition coefficient (Wildman–Crippen LogP) is 1.93. The van der Waals surface area contributed by atoms with Gasteiger partial charge in [-0.3, -0.25) is 0 Å². The Kier molecular flexibility index (Phi) is 5.10. The molecule has 0 saturated carbocycles. The van der Waals surface area contributed by atoms with Crippen LogP contribution in [0.3, 0.4) is 0 Å². The minimum atomic E-state index is -1.08. The summed E-state index contributed by atoms with van der Waals surface area (Å²) in [5, 5.41) is 28.8. The van der Waals surface area contributed by atoms with E-state index in [9.17, 15) is 10.2 Å². The predicted molar refractivity (Wildman–Crippen MR) is 65.6 cm³/mol. The molecule has 2 unspecified atom stereocenters. The molecule has 0 aliphatic heterocycles. The van der Waals surface area contributed by atoms with E-state index >= 15 is 0 Å². The third kappa shape index (κ3) is 3.13. The number of aliphatic hydroxyl groups excluding tert-OH is 2. The van der Waals surface area contributed by atoms with Crippen LogP contribution in [0, 0.1) is 11.3 Å². The second kappa shape index (κ2) is 6.12. The Labute approximate surface area is 105 Å². The Bertz CT molecular complexity index is 405. The van der Waals surface area contributed by atoms with Crippen LogP contribution in [0.2, 0.25) is 5.02 Å². The molecule has 0 saturated heterocycles. The van der Waals surface area contributed by atoms with Crippen molar-refractivity contribution in [3.63, 3.8) is 0 Å². The zero-order valence-electron chi connectivity index (χ0n) is 8.47. The molecule has 0 bridgehead atoms. The van der Waals surface area contributed by atoms with E-state index in [1.165, 1.54) is 6.07 Å². The minimum absolute atomic E-state index is 0.276. The van der Waals surface area contributed by atoms with Crippen molar-refractivity contribution in [1.29, 1.82) is 5.26 Å². The van der Waals surface area contributed by atoms with E-state index in [0.29, 0.717) is 22.8 Å². The van der Waals surface area contributed by atoms with Gasteiger partial charge < -0.3 is 10.2 Å². The number of nitriles is 1. The molecule has 0 fully saturated rings. The standard InChI is InChI=1S/C11H12ClNO2S/c12-8-1-2-9(7(5-8)6-13)11(15)10(14)3-4-16/h1-2,5,10-11,14-16H,3-4H2. The normalized spacial score (nSPS) is 14.2. The molecule has 5 heteroatoms. The van der Waals surface area contributed by atoms with Crippen molar-refractivity contribution in [3.8, 4) is 6.07 Å². The zero-order chi connectivity index (χ0) is 12.1. The first-order chi connectivity index (χ1) is 7.60. The molecular formula is C11H12ClNO2S. The Balaban J connectivity index is 2.99. The fraction of sp³-hybridized carbons (Fsp3) is 0.364. The van der Waals surface area contributed by atoms with E-state index < -0.39 is 12.2 Å². The van der Waals surface area contributed by atoms with E-state index in [4.69, 9.17) is 16.9 Å². The largest absolute Gasteiger partial charge is 0.390 e. The van der Waals surface area contributed by atoms with Crippen LogP contribution in [0.25, 0.3) is 0 Å². The lowest BCUT2D eigenvalue weighted by Gasteiger charge is -2.18. The highest BCUT2D eigenvalue weighted by atomic mass is 35.5. The maximum absolute atomic E-state index is 9.84. The Morgan fingerprint density at radius 1 is 1.44 bits per heavy atom. The minimum Gasteiger partial charge on any atom is -0.390 e. The molecule has 1 aromatic carbocycles. The Morgan fingerprint density at radius 3 is 2.69 bits per heavy atom. The molecular weight excluding hydrogens is 246 g/mol. The molecule has 2 N–H and O–H groups in total. The lowest BCUT2D eigenvalue weighted by molar-refractivity contribution is 0.0171. The van der Waals surface area contributed by atoms with Gasteiger partial charge in [0, 0.05) is 10.6 Å². The molecule has 86 valence electrons. The van der Waals surface area contributed by atoms with Crippen molar-refractivity contribution >= 4 is 24.2 Å². The number of halogens is 1. The molecule has 16 heavy (non-hydrogen) atoms. The summed E-state index contributed by atoms with van der Waals surface area (Å²) in [6, 6.07) is 6.53. The highest BCUT2D eigenvalue weighted by Crippen LogP contribution is 2.25. The highest BCUT2D eigenvalue weighted by Gasteiger charge is 2.20. The summed E-state index contributed by atoms with van der Waals surface area (Å²) in [6.07, 6.45) is -1.65. The van der Waals surface area contributed by atoms with Gasteiger partial charge in [0.2, 0.25) is 0 Å². The molecule has 0 heterocycles. The lowest BCUT2D eigenvalue weighted by Crippen LogP contribution is -2.19. The van der Waals surface area contributed by atoms with Crippen molar-refractivity contribution in [2.75, 3.05) is 5.75 Å². The fourth-order valence-corrected chi connectivity index (χ4v) is 1.82. The monoisotopic (exact) mass is 257 g/mol. The van der Waals surface area contributed by atoms with Crippen LogP contribution in [-0.4, -0.2) is 22.1 Å². The molecule has 0 aromatic heterocycles. The van der Waals surface area contributed by atoms with Gasteiger partial charge in [0.15, 0.2) is 0 Å². The summed E-state index contributed by atoms with van der Waals surface area (Å²) < 4.78 is 0. The Hall–Kier alpha value is -0.730. The second-order valence-electron chi connectivity index (χ2n) is 3.37. The molecule has 0 spiro atoms. The topological polar surface area (TPSA) is 64.2 Å². The Morgan fingerprint density at radius 2 is 2.12 bits per heavy atom. The van der Waals surface area contributed by atoms with E-state index in [0.717, 1.165) is 0 Å². The van der Waals surface area contributed by atoms with Crippen molar-refractivity contribution in [2.24, 2.45) is 0 Å². The van der Waals surface area contributed by atoms with Crippen LogP contribution in [0.15, 0.2) is 18.2 Å². The average molecular weight is 258 g/mol. The molecule has 3 nitrogen and oxygen atoms in total. The highest BCUT2D eigenvalue weighted by molar-refractivity contribution is 7.80. The molecule has 0 aliphatic rings. The summed E-state index contributed by atoms with van der Waals surface area (Å²) in [6.45, 7) is 0. The first-order valence-corrected chi connectivity index (χ1v) is 5.77. The average Bonchev–Trinajstić information content (AvgIpc) is 2.28. The van der Waals surface area contributed by atoms with Gasteiger partial charge in [-0.15, -0.1) is 0 Å². The van der Waals surface area contributed by atoms with E-state index in [2.05, 4.69) is 12.6 Å². The maximum atomic E-state index is 9.84. The SMILES string of the molecule is N#Cc1cc(Cl)ccc1C(O)C(O)CCS. The van der Waals surface area contributed by atoms with Gasteiger partial charge in [-0.2, -0.15) is 17.9 Å². The number of hydrogen-bond acceptors (Lipinski definition) is 4. The second-order valence-corrected chi connectivity index (χ2v) is 4.25. The van der Waals surface area contributed by atoms with Gasteiger partial charge in [-0.25, -0.2) is 0 Å². The van der Waals surface area contributed by atoms with E-state index in [1.54, 1.807) is 12.1 Å². The van der Waals surface area contributed by atoms with Gasteiger partial charge in [-0.05, 0) is 24.3 Å². The third-order valence-electron chi connectivity index (χ3n) is 2.24. The smallest absolute Gasteiger partial charge is 0.106 e. The van der Waals surface area contributed by atoms with E-state index in [1.807, 2.05) is 6.07 Å². The van der Waals surface area contributed by atoms with Gasteiger partial charge >= 0.3 is 0 Å². The van der Waals surface area contributed by atoms with Crippen LogP contribution < -0.4 is 0 Å². The first kappa shape index (κ1) is 13.3. The van der Waals surface area contributed by atoms with Crippen molar-refractivity contribution in [1.82, 2.24) is 0 Å². The van der Waals surface area contributed by atoms with Gasteiger partial charge in [0.1, 0.15) is 6.10 Å². The number of hydrogen-bond donors (Lipinski definition) is 3. The molecule has 0 aliphatic carbocycles. The summed E-state index contributed by atoms with van der Waals surface area (Å²) in [4.78, 5) is 0. The molecule has 1 aromatic rings.